The van der Waals surface area contributed by atoms with E-state index >= 15 is 0 Å². The fourth-order valence-corrected chi connectivity index (χ4v) is 2.89. The maximum absolute atomic E-state index is 4.36. The molecule has 0 unspecified atom stereocenters. The number of aromatic nitrogens is 2. The minimum Gasteiger partial charge on any atom is -0.356 e. The van der Waals surface area contributed by atoms with Crippen LogP contribution in [0.3, 0.4) is 0 Å². The zero-order valence-electron chi connectivity index (χ0n) is 8.99. The SMILES string of the molecule is CN(c1ncncc1I)C1CCCCC1. The van der Waals surface area contributed by atoms with Crippen LogP contribution in [-0.2, 0) is 0 Å². The molecule has 4 heteroatoms. The fourth-order valence-electron chi connectivity index (χ4n) is 2.21. The number of halogens is 1. The van der Waals surface area contributed by atoms with Crippen molar-refractivity contribution in [1.29, 1.82) is 0 Å². The van der Waals surface area contributed by atoms with Gasteiger partial charge in [-0.15, -0.1) is 0 Å². The van der Waals surface area contributed by atoms with Crippen LogP contribution in [0.4, 0.5) is 5.82 Å². The Kier molecular flexibility index (Phi) is 3.77. The third-order valence-corrected chi connectivity index (χ3v) is 3.87. The highest BCUT2D eigenvalue weighted by molar-refractivity contribution is 14.1. The lowest BCUT2D eigenvalue weighted by molar-refractivity contribution is 0.425. The Labute approximate surface area is 104 Å². The summed E-state index contributed by atoms with van der Waals surface area (Å²) in [5.74, 6) is 1.08. The van der Waals surface area contributed by atoms with Crippen molar-refractivity contribution in [2.24, 2.45) is 0 Å². The van der Waals surface area contributed by atoms with Gasteiger partial charge in [-0.2, -0.15) is 0 Å². The van der Waals surface area contributed by atoms with E-state index in [9.17, 15) is 0 Å². The second-order valence-corrected chi connectivity index (χ2v) is 5.26. The highest BCUT2D eigenvalue weighted by atomic mass is 127. The maximum atomic E-state index is 4.36. The van der Waals surface area contributed by atoms with Crippen molar-refractivity contribution in [2.75, 3.05) is 11.9 Å². The second-order valence-electron chi connectivity index (χ2n) is 4.10. The molecule has 0 saturated heterocycles. The number of hydrogen-bond acceptors (Lipinski definition) is 3. The van der Waals surface area contributed by atoms with Crippen LogP contribution in [0.1, 0.15) is 32.1 Å². The van der Waals surface area contributed by atoms with Gasteiger partial charge in [-0.05, 0) is 35.4 Å². The molecule has 1 aliphatic carbocycles. The molecule has 1 aromatic heterocycles. The average Bonchev–Trinajstić information content (AvgIpc) is 2.30. The summed E-state index contributed by atoms with van der Waals surface area (Å²) in [6.07, 6.45) is 10.2. The molecule has 3 nitrogen and oxygen atoms in total. The van der Waals surface area contributed by atoms with E-state index in [-0.39, 0.29) is 0 Å². The Morgan fingerprint density at radius 1 is 1.33 bits per heavy atom. The fraction of sp³-hybridized carbons (Fsp3) is 0.636. The van der Waals surface area contributed by atoms with Gasteiger partial charge in [0.25, 0.3) is 0 Å². The molecule has 0 N–H and O–H groups in total. The Hall–Kier alpha value is -0.390. The Balaban J connectivity index is 2.12. The van der Waals surface area contributed by atoms with E-state index in [1.807, 2.05) is 6.20 Å². The normalized spacial score (nSPS) is 17.7. The van der Waals surface area contributed by atoms with E-state index in [1.54, 1.807) is 6.33 Å². The molecule has 0 bridgehead atoms. The van der Waals surface area contributed by atoms with Gasteiger partial charge in [0, 0.05) is 19.3 Å². The molecule has 2 rings (SSSR count). The minimum atomic E-state index is 0.669. The summed E-state index contributed by atoms with van der Waals surface area (Å²) in [6, 6.07) is 0.669. The molecule has 1 aromatic rings. The van der Waals surface area contributed by atoms with Crippen LogP contribution in [0.15, 0.2) is 12.5 Å². The van der Waals surface area contributed by atoms with Gasteiger partial charge in [0.05, 0.1) is 3.57 Å². The summed E-state index contributed by atoms with van der Waals surface area (Å²) in [5, 5.41) is 0. The van der Waals surface area contributed by atoms with Crippen molar-refractivity contribution >= 4 is 28.4 Å². The van der Waals surface area contributed by atoms with Crippen molar-refractivity contribution in [1.82, 2.24) is 9.97 Å². The zero-order chi connectivity index (χ0) is 10.7. The van der Waals surface area contributed by atoms with Crippen LogP contribution in [0.2, 0.25) is 0 Å². The molecule has 15 heavy (non-hydrogen) atoms. The molecule has 0 spiro atoms. The molecule has 0 radical (unpaired) electrons. The predicted molar refractivity (Wildman–Crippen MR) is 70.0 cm³/mol. The Morgan fingerprint density at radius 2 is 2.07 bits per heavy atom. The van der Waals surface area contributed by atoms with Crippen molar-refractivity contribution < 1.29 is 0 Å². The lowest BCUT2D eigenvalue weighted by Gasteiger charge is -2.32. The van der Waals surface area contributed by atoms with Crippen LogP contribution in [0.25, 0.3) is 0 Å². The number of anilines is 1. The van der Waals surface area contributed by atoms with Gasteiger partial charge in [-0.1, -0.05) is 19.3 Å². The predicted octanol–water partition coefficient (Wildman–Crippen LogP) is 2.85. The zero-order valence-corrected chi connectivity index (χ0v) is 11.1. The standard InChI is InChI=1S/C11H16IN3/c1-15(9-5-3-2-4-6-9)11-10(12)7-13-8-14-11/h7-9H,2-6H2,1H3. The summed E-state index contributed by atoms with van der Waals surface area (Å²) < 4.78 is 1.14. The number of nitrogens with zero attached hydrogens (tertiary/aromatic N) is 3. The Morgan fingerprint density at radius 3 is 2.73 bits per heavy atom. The largest absolute Gasteiger partial charge is 0.356 e. The third kappa shape index (κ3) is 2.59. The van der Waals surface area contributed by atoms with Crippen LogP contribution >= 0.6 is 22.6 Å². The van der Waals surface area contributed by atoms with Gasteiger partial charge in [0.15, 0.2) is 0 Å². The van der Waals surface area contributed by atoms with E-state index in [2.05, 4.69) is 44.5 Å². The van der Waals surface area contributed by atoms with E-state index in [4.69, 9.17) is 0 Å². The molecule has 1 heterocycles. The molecule has 1 fully saturated rings. The van der Waals surface area contributed by atoms with E-state index < -0.39 is 0 Å². The van der Waals surface area contributed by atoms with Crippen LogP contribution in [0.5, 0.6) is 0 Å². The molecule has 1 saturated carbocycles. The summed E-state index contributed by atoms with van der Waals surface area (Å²) in [7, 11) is 2.15. The first-order chi connectivity index (χ1) is 7.29. The molecule has 0 aromatic carbocycles. The number of hydrogen-bond donors (Lipinski definition) is 0. The summed E-state index contributed by atoms with van der Waals surface area (Å²) in [6.45, 7) is 0. The molecular formula is C11H16IN3. The monoisotopic (exact) mass is 317 g/mol. The molecule has 1 aliphatic rings. The van der Waals surface area contributed by atoms with Gasteiger partial charge in [-0.25, -0.2) is 9.97 Å². The van der Waals surface area contributed by atoms with E-state index in [0.717, 1.165) is 9.39 Å². The molecule has 0 atom stereocenters. The lowest BCUT2D eigenvalue weighted by Crippen LogP contribution is -2.34. The highest BCUT2D eigenvalue weighted by Crippen LogP contribution is 2.26. The third-order valence-electron chi connectivity index (χ3n) is 3.10. The van der Waals surface area contributed by atoms with Crippen LogP contribution < -0.4 is 4.90 Å². The van der Waals surface area contributed by atoms with Gasteiger partial charge >= 0.3 is 0 Å². The summed E-state index contributed by atoms with van der Waals surface area (Å²) in [5.41, 5.74) is 0. The molecular weight excluding hydrogens is 301 g/mol. The maximum Gasteiger partial charge on any atom is 0.145 e. The molecule has 82 valence electrons. The van der Waals surface area contributed by atoms with Crippen molar-refractivity contribution in [3.8, 4) is 0 Å². The van der Waals surface area contributed by atoms with Crippen molar-refractivity contribution in [2.45, 2.75) is 38.1 Å². The first-order valence-corrected chi connectivity index (χ1v) is 6.55. The first kappa shape index (κ1) is 11.1. The average molecular weight is 317 g/mol. The van der Waals surface area contributed by atoms with Crippen LogP contribution in [0, 0.1) is 3.57 Å². The van der Waals surface area contributed by atoms with Gasteiger partial charge < -0.3 is 4.90 Å². The first-order valence-electron chi connectivity index (χ1n) is 5.47. The van der Waals surface area contributed by atoms with Gasteiger partial charge in [-0.3, -0.25) is 0 Å². The van der Waals surface area contributed by atoms with Crippen molar-refractivity contribution in [3.05, 3.63) is 16.1 Å². The topological polar surface area (TPSA) is 29.0 Å². The second kappa shape index (κ2) is 5.09. The van der Waals surface area contributed by atoms with Crippen LogP contribution in [-0.4, -0.2) is 23.1 Å². The molecule has 0 aliphatic heterocycles. The Bertz CT molecular complexity index is 323. The summed E-state index contributed by atoms with van der Waals surface area (Å²) >= 11 is 2.31. The van der Waals surface area contributed by atoms with E-state index in [0.29, 0.717) is 6.04 Å². The molecule has 0 amide bonds. The quantitative estimate of drug-likeness (QED) is 0.786. The van der Waals surface area contributed by atoms with Gasteiger partial charge in [0.1, 0.15) is 12.1 Å². The lowest BCUT2D eigenvalue weighted by atomic mass is 9.94. The van der Waals surface area contributed by atoms with E-state index in [1.165, 1.54) is 32.1 Å². The number of rotatable bonds is 2. The smallest absolute Gasteiger partial charge is 0.145 e. The minimum absolute atomic E-state index is 0.669. The highest BCUT2D eigenvalue weighted by Gasteiger charge is 2.20. The van der Waals surface area contributed by atoms with Gasteiger partial charge in [0.2, 0.25) is 0 Å². The van der Waals surface area contributed by atoms with Crippen molar-refractivity contribution in [3.63, 3.8) is 0 Å². The summed E-state index contributed by atoms with van der Waals surface area (Å²) in [4.78, 5) is 10.7.